The minimum Gasteiger partial charge on any atom is -0.493 e. The number of hydrazone groups is 1. The molecule has 6 nitrogen and oxygen atoms in total. The van der Waals surface area contributed by atoms with Crippen LogP contribution in [0.5, 0.6) is 5.75 Å². The van der Waals surface area contributed by atoms with Crippen molar-refractivity contribution in [2.75, 3.05) is 13.2 Å². The van der Waals surface area contributed by atoms with E-state index in [1.54, 1.807) is 0 Å². The van der Waals surface area contributed by atoms with Crippen molar-refractivity contribution in [1.29, 1.82) is 0 Å². The first-order valence-corrected chi connectivity index (χ1v) is 9.14. The van der Waals surface area contributed by atoms with Gasteiger partial charge in [0, 0.05) is 28.4 Å². The number of nitrogens with zero attached hydrogens (tertiary/aromatic N) is 2. The van der Waals surface area contributed by atoms with Crippen molar-refractivity contribution >= 4 is 16.8 Å². The van der Waals surface area contributed by atoms with E-state index in [4.69, 9.17) is 4.74 Å². The fourth-order valence-electron chi connectivity index (χ4n) is 3.37. The van der Waals surface area contributed by atoms with Crippen molar-refractivity contribution in [1.82, 2.24) is 5.43 Å². The van der Waals surface area contributed by atoms with E-state index in [9.17, 15) is 18.9 Å². The number of ether oxygens (including phenoxy) is 1. The van der Waals surface area contributed by atoms with E-state index in [1.807, 2.05) is 24.3 Å². The zero-order valence-electron chi connectivity index (χ0n) is 14.0. The van der Waals surface area contributed by atoms with Gasteiger partial charge in [0.2, 0.25) is 6.54 Å². The maximum absolute atomic E-state index is 14.2. The van der Waals surface area contributed by atoms with Gasteiger partial charge < -0.3 is 4.74 Å². The molecule has 9 heteroatoms. The maximum atomic E-state index is 14.2. The molecule has 0 fully saturated rings. The van der Waals surface area contributed by atoms with Gasteiger partial charge in [-0.25, -0.2) is 8.78 Å². The van der Waals surface area contributed by atoms with Crippen LogP contribution in [-0.2, 0) is 4.87 Å². The van der Waals surface area contributed by atoms with Crippen molar-refractivity contribution in [2.24, 2.45) is 11.0 Å². The van der Waals surface area contributed by atoms with Crippen molar-refractivity contribution in [3.05, 3.63) is 75.3 Å². The lowest BCUT2D eigenvalue weighted by Crippen LogP contribution is -2.47. The molecule has 0 radical (unpaired) electrons. The molecule has 2 unspecified atom stereocenters. The van der Waals surface area contributed by atoms with Crippen LogP contribution in [0.15, 0.2) is 47.6 Å². The standard InChI is InChI=1S/C18H15F2N3O3S/c19-12-5-6-15(20)13(9-12)17-21-22-18(27-17)11(7-8-23(24)25)10-26-16-4-2-1-3-14(16)18/h1-6,9,11,22H,7-8,10H2. The zero-order valence-corrected chi connectivity index (χ0v) is 14.8. The van der Waals surface area contributed by atoms with Crippen molar-refractivity contribution in [3.63, 3.8) is 0 Å². The minimum absolute atomic E-state index is 0.0568. The van der Waals surface area contributed by atoms with Gasteiger partial charge in [-0.15, -0.1) is 0 Å². The molecule has 2 aliphatic heterocycles. The fourth-order valence-corrected chi connectivity index (χ4v) is 4.76. The minimum atomic E-state index is -0.834. The molecule has 0 saturated carbocycles. The van der Waals surface area contributed by atoms with E-state index in [0.717, 1.165) is 23.8 Å². The summed E-state index contributed by atoms with van der Waals surface area (Å²) >= 11 is 1.24. The molecule has 1 spiro atoms. The molecule has 4 rings (SSSR count). The second kappa shape index (κ2) is 6.80. The number of benzene rings is 2. The normalized spacial score (nSPS) is 23.3. The van der Waals surface area contributed by atoms with Crippen molar-refractivity contribution in [2.45, 2.75) is 11.3 Å². The summed E-state index contributed by atoms with van der Waals surface area (Å²) in [7, 11) is 0. The predicted octanol–water partition coefficient (Wildman–Crippen LogP) is 3.49. The van der Waals surface area contributed by atoms with Crippen LogP contribution >= 0.6 is 11.8 Å². The molecule has 0 bridgehead atoms. The molecule has 1 N–H and O–H groups in total. The Morgan fingerprint density at radius 1 is 1.33 bits per heavy atom. The van der Waals surface area contributed by atoms with Gasteiger partial charge in [-0.2, -0.15) is 5.10 Å². The third-order valence-electron chi connectivity index (χ3n) is 4.70. The average molecular weight is 391 g/mol. The van der Waals surface area contributed by atoms with Gasteiger partial charge in [-0.1, -0.05) is 30.0 Å². The Bertz CT molecular complexity index is 940. The highest BCUT2D eigenvalue weighted by Gasteiger charge is 2.51. The van der Waals surface area contributed by atoms with E-state index < -0.39 is 16.5 Å². The third kappa shape index (κ3) is 3.12. The van der Waals surface area contributed by atoms with Crippen LogP contribution < -0.4 is 10.2 Å². The van der Waals surface area contributed by atoms with Gasteiger partial charge in [0.15, 0.2) is 0 Å². The summed E-state index contributed by atoms with van der Waals surface area (Å²) in [4.78, 5) is 9.67. The number of nitrogens with one attached hydrogen (secondary N) is 1. The Hall–Kier alpha value is -2.68. The van der Waals surface area contributed by atoms with Gasteiger partial charge in [0.25, 0.3) is 0 Å². The monoisotopic (exact) mass is 391 g/mol. The molecule has 2 heterocycles. The Morgan fingerprint density at radius 2 is 2.15 bits per heavy atom. The lowest BCUT2D eigenvalue weighted by Gasteiger charge is -2.40. The number of rotatable bonds is 4. The molecular formula is C18H15F2N3O3S. The van der Waals surface area contributed by atoms with Crippen LogP contribution in [0.3, 0.4) is 0 Å². The highest BCUT2D eigenvalue weighted by molar-refractivity contribution is 8.15. The first-order chi connectivity index (χ1) is 13.0. The van der Waals surface area contributed by atoms with Gasteiger partial charge in [-0.3, -0.25) is 15.5 Å². The lowest BCUT2D eigenvalue weighted by atomic mass is 9.88. The van der Waals surface area contributed by atoms with Crippen molar-refractivity contribution in [3.8, 4) is 5.75 Å². The van der Waals surface area contributed by atoms with Crippen LogP contribution in [0.25, 0.3) is 0 Å². The summed E-state index contributed by atoms with van der Waals surface area (Å²) in [6.07, 6.45) is 0.260. The Kier molecular flexibility index (Phi) is 4.47. The quantitative estimate of drug-likeness (QED) is 0.638. The lowest BCUT2D eigenvalue weighted by molar-refractivity contribution is -0.482. The molecule has 0 aromatic heterocycles. The summed E-state index contributed by atoms with van der Waals surface area (Å²) in [5.74, 6) is -0.775. The first-order valence-electron chi connectivity index (χ1n) is 8.33. The summed E-state index contributed by atoms with van der Waals surface area (Å²) in [6.45, 7) is 0.0448. The molecule has 0 amide bonds. The molecular weight excluding hydrogens is 376 g/mol. The molecule has 2 aromatic rings. The van der Waals surface area contributed by atoms with Gasteiger partial charge in [0.05, 0.1) is 6.61 Å². The number of para-hydroxylation sites is 1. The van der Waals surface area contributed by atoms with E-state index in [1.165, 1.54) is 11.8 Å². The molecule has 0 aliphatic carbocycles. The summed E-state index contributed by atoms with van der Waals surface area (Å²) < 4.78 is 33.6. The number of fused-ring (bicyclic) bond motifs is 2. The maximum Gasteiger partial charge on any atom is 0.204 e. The number of hydrogen-bond donors (Lipinski definition) is 1. The van der Waals surface area contributed by atoms with Gasteiger partial charge in [0.1, 0.15) is 27.3 Å². The highest BCUT2D eigenvalue weighted by Crippen LogP contribution is 2.52. The number of nitro groups is 1. The van der Waals surface area contributed by atoms with Crippen LogP contribution in [-0.4, -0.2) is 23.1 Å². The summed E-state index contributed by atoms with van der Waals surface area (Å²) in [5, 5.41) is 15.4. The topological polar surface area (TPSA) is 76.8 Å². The first kappa shape index (κ1) is 17.7. The van der Waals surface area contributed by atoms with Crippen LogP contribution in [0.2, 0.25) is 0 Å². The van der Waals surface area contributed by atoms with Gasteiger partial charge >= 0.3 is 0 Å². The van der Waals surface area contributed by atoms with Gasteiger partial charge in [-0.05, 0) is 24.3 Å². The average Bonchev–Trinajstić information content (AvgIpc) is 3.09. The number of hydrogen-bond acceptors (Lipinski definition) is 6. The molecule has 2 aliphatic rings. The van der Waals surface area contributed by atoms with Crippen LogP contribution in [0, 0.1) is 27.7 Å². The van der Waals surface area contributed by atoms with Crippen LogP contribution in [0.1, 0.15) is 17.5 Å². The van der Waals surface area contributed by atoms with E-state index >= 15 is 0 Å². The molecule has 2 aromatic carbocycles. The van der Waals surface area contributed by atoms with E-state index in [2.05, 4.69) is 10.5 Å². The Balaban J connectivity index is 1.72. The van der Waals surface area contributed by atoms with E-state index in [0.29, 0.717) is 10.8 Å². The van der Waals surface area contributed by atoms with Crippen LogP contribution in [0.4, 0.5) is 8.78 Å². The predicted molar refractivity (Wildman–Crippen MR) is 97.2 cm³/mol. The van der Waals surface area contributed by atoms with Crippen molar-refractivity contribution < 1.29 is 18.4 Å². The third-order valence-corrected chi connectivity index (χ3v) is 6.17. The van der Waals surface area contributed by atoms with E-state index in [-0.39, 0.29) is 36.0 Å². The Labute approximate surface area is 157 Å². The second-order valence-electron chi connectivity index (χ2n) is 6.34. The second-order valence-corrected chi connectivity index (χ2v) is 7.57. The zero-order chi connectivity index (χ0) is 19.0. The molecule has 2 atom stereocenters. The Morgan fingerprint density at radius 3 is 2.96 bits per heavy atom. The summed E-state index contributed by atoms with van der Waals surface area (Å²) in [5.41, 5.74) is 3.90. The SMILES string of the molecule is O=[N+]([O-])CCC1COc2ccccc2C12NN=C(c1cc(F)ccc1F)S2. The molecule has 0 saturated heterocycles. The smallest absolute Gasteiger partial charge is 0.204 e. The molecule has 140 valence electrons. The number of halogens is 2. The number of thioether (sulfide) groups is 1. The largest absolute Gasteiger partial charge is 0.493 e. The summed E-state index contributed by atoms with van der Waals surface area (Å²) in [6, 6.07) is 10.5. The fraction of sp³-hybridized carbons (Fsp3) is 0.278. The highest BCUT2D eigenvalue weighted by atomic mass is 32.2. The molecule has 27 heavy (non-hydrogen) atoms.